The lowest BCUT2D eigenvalue weighted by Crippen LogP contribution is -2.45. The van der Waals surface area contributed by atoms with E-state index in [9.17, 15) is 0 Å². The second-order valence-electron chi connectivity index (χ2n) is 22.3. The molecule has 1 saturated carbocycles. The lowest BCUT2D eigenvalue weighted by atomic mass is 9.65. The van der Waals surface area contributed by atoms with Gasteiger partial charge in [-0.3, -0.25) is 0 Å². The van der Waals surface area contributed by atoms with Crippen LogP contribution in [0.5, 0.6) is 11.5 Å². The topological polar surface area (TPSA) is 61.9 Å². The fourth-order valence-corrected chi connectivity index (χ4v) is 11.7. The van der Waals surface area contributed by atoms with Crippen molar-refractivity contribution in [1.82, 2.24) is 0 Å². The maximum atomic E-state index is 6.05. The zero-order valence-corrected chi connectivity index (χ0v) is 46.4. The van der Waals surface area contributed by atoms with E-state index in [1.165, 1.54) is 80.0 Å². The molecule has 76 heavy (non-hydrogen) atoms. The van der Waals surface area contributed by atoms with Crippen LogP contribution >= 0.6 is 0 Å². The van der Waals surface area contributed by atoms with E-state index in [-0.39, 0.29) is 16.2 Å². The number of nitrogens with zero attached hydrogens (tertiary/aromatic N) is 2. The highest BCUT2D eigenvalue weighted by molar-refractivity contribution is 5.78. The van der Waals surface area contributed by atoms with Crippen LogP contribution in [0.1, 0.15) is 132 Å². The second kappa shape index (κ2) is 27.1. The van der Waals surface area contributed by atoms with Gasteiger partial charge in [-0.05, 0) is 184 Å². The smallest absolute Gasteiger partial charge is 0.119 e. The van der Waals surface area contributed by atoms with Crippen molar-refractivity contribution >= 4 is 34.1 Å². The molecule has 8 heteroatoms. The van der Waals surface area contributed by atoms with E-state index in [1.54, 1.807) is 14.2 Å². The predicted molar refractivity (Wildman–Crippen MR) is 312 cm³/mol. The van der Waals surface area contributed by atoms with Crippen molar-refractivity contribution in [2.45, 2.75) is 128 Å². The molecule has 0 N–H and O–H groups in total. The van der Waals surface area contributed by atoms with Gasteiger partial charge in [-0.25, -0.2) is 0 Å². The third-order valence-electron chi connectivity index (χ3n) is 17.1. The summed E-state index contributed by atoms with van der Waals surface area (Å²) in [4.78, 5) is 4.75. The van der Waals surface area contributed by atoms with Crippen LogP contribution in [-0.4, -0.2) is 67.1 Å². The van der Waals surface area contributed by atoms with E-state index in [1.807, 2.05) is 0 Å². The van der Waals surface area contributed by atoms with E-state index in [0.29, 0.717) is 0 Å². The molecular formula is C68H86N2O6. The summed E-state index contributed by atoms with van der Waals surface area (Å²) in [5.41, 5.74) is 12.8. The van der Waals surface area contributed by atoms with E-state index >= 15 is 0 Å². The number of methoxy groups -OCH3 is 2. The fourth-order valence-electron chi connectivity index (χ4n) is 11.7. The SMILES string of the molecule is CCC1(COCCCCCCc2ccc(N(c3ccc(OC)cc3)c3ccc(C4(c5ccc(N(c6ccc(CCCCCCOCC7(CC)COC7)cc6)c6ccc(OC)cc6)cc5)CCCCC4)cc3)cc2)COC1. The van der Waals surface area contributed by atoms with Crippen molar-refractivity contribution < 1.29 is 28.4 Å². The zero-order valence-electron chi connectivity index (χ0n) is 46.4. The molecule has 0 radical (unpaired) electrons. The van der Waals surface area contributed by atoms with Gasteiger partial charge in [0.15, 0.2) is 0 Å². The zero-order chi connectivity index (χ0) is 52.5. The van der Waals surface area contributed by atoms with Crippen LogP contribution in [0.3, 0.4) is 0 Å². The molecule has 0 atom stereocenters. The first-order valence-electron chi connectivity index (χ1n) is 29.0. The minimum Gasteiger partial charge on any atom is -0.497 e. The molecule has 6 aromatic carbocycles. The summed E-state index contributed by atoms with van der Waals surface area (Å²) >= 11 is 0. The molecule has 3 aliphatic rings. The molecule has 0 aromatic heterocycles. The highest BCUT2D eigenvalue weighted by atomic mass is 16.5. The first-order chi connectivity index (χ1) is 37.4. The van der Waals surface area contributed by atoms with E-state index in [4.69, 9.17) is 28.4 Å². The van der Waals surface area contributed by atoms with Gasteiger partial charge in [0.1, 0.15) is 11.5 Å². The number of aryl methyl sites for hydroxylation is 2. The van der Waals surface area contributed by atoms with Crippen LogP contribution in [0, 0.1) is 10.8 Å². The third-order valence-corrected chi connectivity index (χ3v) is 17.1. The van der Waals surface area contributed by atoms with Crippen molar-refractivity contribution in [3.63, 3.8) is 0 Å². The fraction of sp³-hybridized carbons (Fsp3) is 0.471. The molecule has 8 nitrogen and oxygen atoms in total. The van der Waals surface area contributed by atoms with Crippen LogP contribution in [0.4, 0.5) is 34.1 Å². The van der Waals surface area contributed by atoms with Gasteiger partial charge in [0.05, 0.1) is 53.9 Å². The summed E-state index contributed by atoms with van der Waals surface area (Å²) < 4.78 is 34.2. The van der Waals surface area contributed by atoms with Gasteiger partial charge in [-0.1, -0.05) is 107 Å². The number of anilines is 6. The molecule has 0 bridgehead atoms. The van der Waals surface area contributed by atoms with E-state index in [0.717, 1.165) is 150 Å². The van der Waals surface area contributed by atoms with Crippen LogP contribution in [0.15, 0.2) is 146 Å². The first-order valence-corrected chi connectivity index (χ1v) is 29.0. The summed E-state index contributed by atoms with van der Waals surface area (Å²) in [5, 5.41) is 0. The number of unbranched alkanes of at least 4 members (excludes halogenated alkanes) is 6. The quantitative estimate of drug-likeness (QED) is 0.0414. The number of hydrogen-bond acceptors (Lipinski definition) is 8. The summed E-state index contributed by atoms with van der Waals surface area (Å²) in [6.45, 7) is 11.3. The summed E-state index contributed by atoms with van der Waals surface area (Å²) in [7, 11) is 3.46. The van der Waals surface area contributed by atoms with Crippen LogP contribution in [0.2, 0.25) is 0 Å². The minimum absolute atomic E-state index is 0.0682. The van der Waals surface area contributed by atoms with E-state index in [2.05, 4.69) is 169 Å². The van der Waals surface area contributed by atoms with Crippen LogP contribution in [-0.2, 0) is 37.2 Å². The highest BCUT2D eigenvalue weighted by Crippen LogP contribution is 2.47. The van der Waals surface area contributed by atoms with Crippen molar-refractivity contribution in [1.29, 1.82) is 0 Å². The van der Waals surface area contributed by atoms with Gasteiger partial charge in [-0.2, -0.15) is 0 Å². The third kappa shape index (κ3) is 13.7. The molecule has 3 fully saturated rings. The molecule has 6 aromatic rings. The normalized spacial score (nSPS) is 16.3. The van der Waals surface area contributed by atoms with Crippen LogP contribution < -0.4 is 19.3 Å². The lowest BCUT2D eigenvalue weighted by Gasteiger charge is -2.40. The number of rotatable bonds is 30. The van der Waals surface area contributed by atoms with E-state index < -0.39 is 0 Å². The summed E-state index contributed by atoms with van der Waals surface area (Å²) in [6.07, 6.45) is 19.9. The Labute approximate surface area is 456 Å². The Bertz CT molecular complexity index is 2430. The Morgan fingerprint density at radius 1 is 0.395 bits per heavy atom. The molecule has 2 aliphatic heterocycles. The number of benzene rings is 6. The molecule has 9 rings (SSSR count). The Hall–Kier alpha value is -5.64. The summed E-state index contributed by atoms with van der Waals surface area (Å²) in [5.74, 6) is 1.70. The lowest BCUT2D eigenvalue weighted by molar-refractivity contribution is -0.150. The number of ether oxygens (including phenoxy) is 6. The number of hydrogen-bond donors (Lipinski definition) is 0. The Kier molecular flexibility index (Phi) is 19.7. The molecule has 1 aliphatic carbocycles. The van der Waals surface area contributed by atoms with Gasteiger partial charge in [0.2, 0.25) is 0 Å². The standard InChI is InChI=1S/C68H86N2O6/c1-5-66(50-75-51-66)48-73-46-16-9-7-12-18-54-20-28-58(29-21-54)69(62-36-40-64(71-3)41-37-62)60-32-24-56(25-33-60)68(44-14-11-15-45-68)57-26-34-61(35-27-57)70(63-38-42-65(72-4)43-39-63)59-30-22-55(23-31-59)19-13-8-10-17-47-74-49-67(6-2)52-76-53-67/h20-43H,5-19,44-53H2,1-4H3. The Morgan fingerprint density at radius 3 is 1.04 bits per heavy atom. The molecule has 0 spiro atoms. The molecule has 0 unspecified atom stereocenters. The largest absolute Gasteiger partial charge is 0.497 e. The van der Waals surface area contributed by atoms with Gasteiger partial charge >= 0.3 is 0 Å². The Balaban J connectivity index is 0.864. The first kappa shape index (κ1) is 55.1. The average Bonchev–Trinajstić information content (AvgIpc) is 3.45. The monoisotopic (exact) mass is 1030 g/mol. The maximum Gasteiger partial charge on any atom is 0.119 e. The summed E-state index contributed by atoms with van der Waals surface area (Å²) in [6, 6.07) is 54.3. The van der Waals surface area contributed by atoms with Gasteiger partial charge < -0.3 is 38.2 Å². The van der Waals surface area contributed by atoms with Crippen LogP contribution in [0.25, 0.3) is 0 Å². The molecule has 0 amide bonds. The molecule has 2 saturated heterocycles. The molecule has 2 heterocycles. The van der Waals surface area contributed by atoms with Gasteiger partial charge in [-0.15, -0.1) is 0 Å². The predicted octanol–water partition coefficient (Wildman–Crippen LogP) is 17.0. The minimum atomic E-state index is -0.0682. The highest BCUT2D eigenvalue weighted by Gasteiger charge is 2.38. The van der Waals surface area contributed by atoms with Gasteiger partial charge in [0.25, 0.3) is 0 Å². The molecular weight excluding hydrogens is 941 g/mol. The van der Waals surface area contributed by atoms with Crippen molar-refractivity contribution in [2.75, 3.05) is 76.9 Å². The van der Waals surface area contributed by atoms with Crippen molar-refractivity contribution in [3.8, 4) is 11.5 Å². The Morgan fingerprint density at radius 2 is 0.724 bits per heavy atom. The molecule has 404 valence electrons. The van der Waals surface area contributed by atoms with Gasteiger partial charge in [0, 0.05) is 63.6 Å². The second-order valence-corrected chi connectivity index (χ2v) is 22.3. The maximum absolute atomic E-state index is 6.05. The average molecular weight is 1030 g/mol. The van der Waals surface area contributed by atoms with Crippen molar-refractivity contribution in [3.05, 3.63) is 168 Å². The van der Waals surface area contributed by atoms with Crippen molar-refractivity contribution in [2.24, 2.45) is 10.8 Å².